The summed E-state index contributed by atoms with van der Waals surface area (Å²) in [5.74, 6) is -1.68. The molecule has 0 spiro atoms. The van der Waals surface area contributed by atoms with Crippen LogP contribution in [0, 0.1) is 6.92 Å². The second-order valence-corrected chi connectivity index (χ2v) is 8.09. The van der Waals surface area contributed by atoms with Gasteiger partial charge in [0.2, 0.25) is 0 Å². The average molecular weight is 435 g/mol. The first kappa shape index (κ1) is 21.5. The third-order valence-corrected chi connectivity index (χ3v) is 6.04. The molecule has 9 nitrogen and oxygen atoms in total. The van der Waals surface area contributed by atoms with Crippen LogP contribution in [0.3, 0.4) is 0 Å². The lowest BCUT2D eigenvalue weighted by atomic mass is 9.98. The number of rotatable bonds is 6. The molecule has 166 valence electrons. The molecule has 1 aliphatic carbocycles. The number of carboxylic acid groups (broad SMARTS) is 1. The van der Waals surface area contributed by atoms with Gasteiger partial charge >= 0.3 is 5.97 Å². The Hall–Kier alpha value is -3.75. The van der Waals surface area contributed by atoms with E-state index in [0.717, 1.165) is 23.1 Å². The molecule has 0 radical (unpaired) electrons. The molecule has 32 heavy (non-hydrogen) atoms. The minimum absolute atomic E-state index is 0.0170. The van der Waals surface area contributed by atoms with Gasteiger partial charge in [-0.05, 0) is 55.9 Å². The van der Waals surface area contributed by atoms with Gasteiger partial charge < -0.3 is 15.7 Å². The van der Waals surface area contributed by atoms with Crippen LogP contribution in [-0.4, -0.2) is 43.5 Å². The summed E-state index contributed by atoms with van der Waals surface area (Å²) in [6.45, 7) is 5.67. The number of carbonyl (C=O) groups is 3. The molecule has 0 unspecified atom stereocenters. The lowest BCUT2D eigenvalue weighted by molar-refractivity contribution is 0.0695. The van der Waals surface area contributed by atoms with Gasteiger partial charge in [0.15, 0.2) is 5.65 Å². The normalized spacial score (nSPS) is 15.9. The maximum absolute atomic E-state index is 13.2. The molecule has 4 rings (SSSR count). The summed E-state index contributed by atoms with van der Waals surface area (Å²) in [6.07, 6.45) is 3.65. The zero-order chi connectivity index (χ0) is 23.0. The van der Waals surface area contributed by atoms with Gasteiger partial charge in [0.1, 0.15) is 11.4 Å². The highest BCUT2D eigenvalue weighted by Gasteiger charge is 2.28. The van der Waals surface area contributed by atoms with Crippen LogP contribution >= 0.6 is 0 Å². The maximum atomic E-state index is 13.2. The fourth-order valence-corrected chi connectivity index (χ4v) is 4.08. The Labute approximate surface area is 184 Å². The van der Waals surface area contributed by atoms with Crippen molar-refractivity contribution in [2.24, 2.45) is 0 Å². The predicted octanol–water partition coefficient (Wildman–Crippen LogP) is 2.68. The Kier molecular flexibility index (Phi) is 5.65. The monoisotopic (exact) mass is 435 g/mol. The van der Waals surface area contributed by atoms with Crippen LogP contribution in [0.2, 0.25) is 0 Å². The quantitative estimate of drug-likeness (QED) is 0.547. The van der Waals surface area contributed by atoms with Gasteiger partial charge in [0.05, 0.1) is 17.8 Å². The van der Waals surface area contributed by atoms with Crippen molar-refractivity contribution in [2.75, 3.05) is 0 Å². The number of fused-ring (bicyclic) bond motifs is 2. The number of hydrogen-bond acceptors (Lipinski definition) is 5. The number of carboxylic acids is 1. The molecule has 2 atom stereocenters. The molecule has 2 amide bonds. The highest BCUT2D eigenvalue weighted by Crippen LogP contribution is 2.34. The van der Waals surface area contributed by atoms with Crippen LogP contribution in [0.4, 0.5) is 0 Å². The summed E-state index contributed by atoms with van der Waals surface area (Å²) < 4.78 is 1.41. The standard InChI is InChI=1S/C23H25N5O4/c1-4-12(2)25-21(29)18-11-19(28-20(26-18)9-10-24-28)22(30)27-17-8-7-14-13(3)15(23(31)32)5-6-16(14)17/h5-6,9-12,17H,4,7-8H2,1-3H3,(H,25,29)(H,27,30)(H,31,32)/t12-,17-/m0/s1. The van der Waals surface area contributed by atoms with E-state index >= 15 is 0 Å². The summed E-state index contributed by atoms with van der Waals surface area (Å²) in [5, 5.41) is 19.4. The van der Waals surface area contributed by atoms with Crippen LogP contribution in [0.5, 0.6) is 0 Å². The Morgan fingerprint density at radius 3 is 2.75 bits per heavy atom. The lowest BCUT2D eigenvalue weighted by Gasteiger charge is -2.16. The first-order valence-corrected chi connectivity index (χ1v) is 10.6. The van der Waals surface area contributed by atoms with Crippen molar-refractivity contribution < 1.29 is 19.5 Å². The van der Waals surface area contributed by atoms with E-state index in [0.29, 0.717) is 18.5 Å². The van der Waals surface area contributed by atoms with E-state index in [2.05, 4.69) is 20.7 Å². The number of aromatic nitrogens is 3. The largest absolute Gasteiger partial charge is 0.478 e. The Morgan fingerprint density at radius 1 is 1.25 bits per heavy atom. The van der Waals surface area contributed by atoms with Gasteiger partial charge in [-0.2, -0.15) is 5.10 Å². The third kappa shape index (κ3) is 3.81. The zero-order valence-corrected chi connectivity index (χ0v) is 18.2. The topological polar surface area (TPSA) is 126 Å². The van der Waals surface area contributed by atoms with Crippen molar-refractivity contribution in [3.8, 4) is 0 Å². The van der Waals surface area contributed by atoms with E-state index in [-0.39, 0.29) is 40.8 Å². The molecule has 0 aliphatic heterocycles. The van der Waals surface area contributed by atoms with E-state index in [1.807, 2.05) is 13.8 Å². The second-order valence-electron chi connectivity index (χ2n) is 8.09. The summed E-state index contributed by atoms with van der Waals surface area (Å²) in [5.41, 5.74) is 3.65. The van der Waals surface area contributed by atoms with Crippen LogP contribution in [-0.2, 0) is 6.42 Å². The van der Waals surface area contributed by atoms with Gasteiger partial charge in [0.25, 0.3) is 11.8 Å². The van der Waals surface area contributed by atoms with Crippen molar-refractivity contribution in [3.05, 3.63) is 64.1 Å². The van der Waals surface area contributed by atoms with E-state index in [1.54, 1.807) is 25.1 Å². The molecule has 3 aromatic rings. The SMILES string of the molecule is CC[C@H](C)NC(=O)c1cc(C(=O)N[C@H]2CCc3c2ccc(C(=O)O)c3C)n2nccc2n1. The fourth-order valence-electron chi connectivity index (χ4n) is 4.08. The van der Waals surface area contributed by atoms with Crippen molar-refractivity contribution in [1.82, 2.24) is 25.2 Å². The number of nitrogens with zero attached hydrogens (tertiary/aromatic N) is 3. The summed E-state index contributed by atoms with van der Waals surface area (Å²) in [7, 11) is 0. The number of nitrogens with one attached hydrogen (secondary N) is 2. The number of hydrogen-bond donors (Lipinski definition) is 3. The maximum Gasteiger partial charge on any atom is 0.335 e. The Bertz CT molecular complexity index is 1230. The fraction of sp³-hybridized carbons (Fsp3) is 0.348. The number of benzene rings is 1. The summed E-state index contributed by atoms with van der Waals surface area (Å²) >= 11 is 0. The molecule has 0 saturated carbocycles. The smallest absolute Gasteiger partial charge is 0.335 e. The minimum atomic E-state index is -0.959. The molecule has 2 aromatic heterocycles. The molecule has 1 aliphatic rings. The first-order chi connectivity index (χ1) is 15.3. The van der Waals surface area contributed by atoms with E-state index in [4.69, 9.17) is 0 Å². The van der Waals surface area contributed by atoms with Crippen LogP contribution in [0.1, 0.15) is 80.8 Å². The molecular weight excluding hydrogens is 410 g/mol. The van der Waals surface area contributed by atoms with Gasteiger partial charge in [-0.15, -0.1) is 0 Å². The number of aromatic carboxylic acids is 1. The van der Waals surface area contributed by atoms with Crippen molar-refractivity contribution in [1.29, 1.82) is 0 Å². The summed E-state index contributed by atoms with van der Waals surface area (Å²) in [4.78, 5) is 41.6. The highest BCUT2D eigenvalue weighted by molar-refractivity contribution is 5.98. The first-order valence-electron chi connectivity index (χ1n) is 10.6. The zero-order valence-electron chi connectivity index (χ0n) is 18.2. The van der Waals surface area contributed by atoms with Gasteiger partial charge in [0, 0.05) is 18.2 Å². The molecular formula is C23H25N5O4. The molecule has 3 N–H and O–H groups in total. The van der Waals surface area contributed by atoms with Crippen molar-refractivity contribution in [2.45, 2.75) is 52.1 Å². The highest BCUT2D eigenvalue weighted by atomic mass is 16.4. The van der Waals surface area contributed by atoms with Crippen molar-refractivity contribution in [3.63, 3.8) is 0 Å². The van der Waals surface area contributed by atoms with Crippen LogP contribution < -0.4 is 10.6 Å². The van der Waals surface area contributed by atoms with Gasteiger partial charge in [-0.25, -0.2) is 14.3 Å². The number of carbonyl (C=O) groups excluding carboxylic acids is 2. The lowest BCUT2D eigenvalue weighted by Crippen LogP contribution is -2.34. The second kappa shape index (κ2) is 8.41. The molecule has 9 heteroatoms. The Balaban J connectivity index is 1.63. The molecule has 2 heterocycles. The molecule has 0 fully saturated rings. The summed E-state index contributed by atoms with van der Waals surface area (Å²) in [6, 6.07) is 6.16. The minimum Gasteiger partial charge on any atom is -0.478 e. The van der Waals surface area contributed by atoms with E-state index in [1.165, 1.54) is 16.8 Å². The number of amides is 2. The molecule has 1 aromatic carbocycles. The average Bonchev–Trinajstić information content (AvgIpc) is 3.40. The van der Waals surface area contributed by atoms with Crippen LogP contribution in [0.25, 0.3) is 5.65 Å². The van der Waals surface area contributed by atoms with E-state index < -0.39 is 5.97 Å². The Morgan fingerprint density at radius 2 is 2.03 bits per heavy atom. The van der Waals surface area contributed by atoms with Gasteiger partial charge in [-0.3, -0.25) is 9.59 Å². The van der Waals surface area contributed by atoms with Crippen LogP contribution in [0.15, 0.2) is 30.5 Å². The predicted molar refractivity (Wildman–Crippen MR) is 117 cm³/mol. The van der Waals surface area contributed by atoms with Crippen molar-refractivity contribution >= 4 is 23.4 Å². The molecule has 0 saturated heterocycles. The van der Waals surface area contributed by atoms with E-state index in [9.17, 15) is 19.5 Å². The molecule has 0 bridgehead atoms. The third-order valence-electron chi connectivity index (χ3n) is 6.04. The van der Waals surface area contributed by atoms with Gasteiger partial charge in [-0.1, -0.05) is 13.0 Å².